The van der Waals surface area contributed by atoms with E-state index in [1.54, 1.807) is 12.1 Å². The van der Waals surface area contributed by atoms with Gasteiger partial charge in [0.05, 0.1) is 16.6 Å². The Morgan fingerprint density at radius 1 is 0.846 bits per heavy atom. The minimum absolute atomic E-state index is 0.0309. The first-order chi connectivity index (χ1) is 12.7. The molecule has 0 saturated carbocycles. The average Bonchev–Trinajstić information content (AvgIpc) is 2.84. The van der Waals surface area contributed by atoms with E-state index in [2.05, 4.69) is 5.32 Å². The maximum absolute atomic E-state index is 14.6. The lowest BCUT2D eigenvalue weighted by molar-refractivity contribution is 0.103. The summed E-state index contributed by atoms with van der Waals surface area (Å²) in [6.45, 7) is 0. The molecule has 1 N–H and O–H groups in total. The Balaban J connectivity index is 1.78. The Morgan fingerprint density at radius 3 is 2.38 bits per heavy atom. The summed E-state index contributed by atoms with van der Waals surface area (Å²) < 4.78 is 14.6. The number of halogens is 1. The number of anilines is 1. The van der Waals surface area contributed by atoms with Gasteiger partial charge in [-0.05, 0) is 18.2 Å². The van der Waals surface area contributed by atoms with Crippen molar-refractivity contribution < 1.29 is 9.18 Å². The zero-order chi connectivity index (χ0) is 17.7. The van der Waals surface area contributed by atoms with Crippen molar-refractivity contribution in [3.63, 3.8) is 0 Å². The SMILES string of the molecule is O=C1C2=C(Nc3ccccc3S[C@@H]2c2ccccc2F)c2ccccc21. The second-order valence-corrected chi connectivity index (χ2v) is 7.45. The topological polar surface area (TPSA) is 29.1 Å². The van der Waals surface area contributed by atoms with Crippen molar-refractivity contribution in [2.24, 2.45) is 0 Å². The third-order valence-corrected chi connectivity index (χ3v) is 6.13. The van der Waals surface area contributed by atoms with E-state index in [4.69, 9.17) is 0 Å². The lowest BCUT2D eigenvalue weighted by Gasteiger charge is -2.17. The molecule has 1 heterocycles. The number of hydrogen-bond donors (Lipinski definition) is 1. The molecule has 0 aromatic heterocycles. The molecular formula is C22H14FNOS. The molecule has 0 fully saturated rings. The molecule has 1 atom stereocenters. The number of nitrogens with one attached hydrogen (secondary N) is 1. The van der Waals surface area contributed by atoms with Crippen molar-refractivity contribution in [1.29, 1.82) is 0 Å². The average molecular weight is 359 g/mol. The van der Waals surface area contributed by atoms with Crippen molar-refractivity contribution in [3.05, 3.63) is 101 Å². The van der Waals surface area contributed by atoms with E-state index in [0.717, 1.165) is 21.8 Å². The van der Waals surface area contributed by atoms with Crippen molar-refractivity contribution in [2.75, 3.05) is 5.32 Å². The monoisotopic (exact) mass is 359 g/mol. The van der Waals surface area contributed by atoms with Gasteiger partial charge in [0.2, 0.25) is 0 Å². The molecule has 0 bridgehead atoms. The maximum Gasteiger partial charge on any atom is 0.193 e. The van der Waals surface area contributed by atoms with E-state index in [-0.39, 0.29) is 11.6 Å². The van der Waals surface area contributed by atoms with E-state index in [1.807, 2.05) is 54.6 Å². The van der Waals surface area contributed by atoms with Gasteiger partial charge in [-0.1, -0.05) is 54.6 Å². The summed E-state index contributed by atoms with van der Waals surface area (Å²) in [5.41, 5.74) is 4.43. The molecule has 5 rings (SSSR count). The van der Waals surface area contributed by atoms with Crippen LogP contribution in [0.4, 0.5) is 10.1 Å². The van der Waals surface area contributed by atoms with E-state index in [0.29, 0.717) is 16.7 Å². The molecule has 3 aromatic carbocycles. The third kappa shape index (κ3) is 2.22. The molecule has 0 radical (unpaired) electrons. The molecule has 2 nitrogen and oxygen atoms in total. The number of benzene rings is 3. The highest BCUT2D eigenvalue weighted by Gasteiger charge is 2.38. The molecule has 0 spiro atoms. The highest BCUT2D eigenvalue weighted by Crippen LogP contribution is 2.52. The molecule has 0 saturated heterocycles. The fourth-order valence-corrected chi connectivity index (χ4v) is 4.91. The summed E-state index contributed by atoms with van der Waals surface area (Å²) in [6, 6.07) is 22.2. The quantitative estimate of drug-likeness (QED) is 0.605. The number of Topliss-reactive ketones (excluding diaryl/α,β-unsaturated/α-hetero) is 1. The molecule has 26 heavy (non-hydrogen) atoms. The van der Waals surface area contributed by atoms with Crippen LogP contribution in [-0.2, 0) is 0 Å². The number of hydrogen-bond acceptors (Lipinski definition) is 3. The molecule has 3 aromatic rings. The molecule has 0 amide bonds. The number of para-hydroxylation sites is 1. The van der Waals surface area contributed by atoms with E-state index < -0.39 is 5.25 Å². The lowest BCUT2D eigenvalue weighted by atomic mass is 10.0. The third-order valence-electron chi connectivity index (χ3n) is 4.80. The largest absolute Gasteiger partial charge is 0.354 e. The Hall–Kier alpha value is -2.85. The van der Waals surface area contributed by atoms with Gasteiger partial charge < -0.3 is 5.32 Å². The second-order valence-electron chi connectivity index (χ2n) is 6.30. The van der Waals surface area contributed by atoms with Crippen LogP contribution >= 0.6 is 11.8 Å². The van der Waals surface area contributed by atoms with Crippen LogP contribution < -0.4 is 5.32 Å². The summed E-state index contributed by atoms with van der Waals surface area (Å²) in [5.74, 6) is -0.323. The Kier molecular flexibility index (Phi) is 3.47. The summed E-state index contributed by atoms with van der Waals surface area (Å²) in [5, 5.41) is 3.04. The highest BCUT2D eigenvalue weighted by atomic mass is 32.2. The van der Waals surface area contributed by atoms with Crippen molar-refractivity contribution >= 4 is 28.9 Å². The van der Waals surface area contributed by atoms with Gasteiger partial charge in [0, 0.05) is 27.2 Å². The summed E-state index contributed by atoms with van der Waals surface area (Å²) >= 11 is 1.51. The van der Waals surface area contributed by atoms with Crippen molar-refractivity contribution in [1.82, 2.24) is 0 Å². The van der Waals surface area contributed by atoms with Gasteiger partial charge in [-0.15, -0.1) is 11.8 Å². The van der Waals surface area contributed by atoms with Crippen molar-refractivity contribution in [2.45, 2.75) is 10.1 Å². The van der Waals surface area contributed by atoms with Crippen LogP contribution in [0.1, 0.15) is 26.7 Å². The van der Waals surface area contributed by atoms with E-state index in [9.17, 15) is 9.18 Å². The fraction of sp³-hybridized carbons (Fsp3) is 0.0455. The van der Waals surface area contributed by atoms with Gasteiger partial charge in [0.25, 0.3) is 0 Å². The summed E-state index contributed by atoms with van der Waals surface area (Å²) in [6.07, 6.45) is 0. The van der Waals surface area contributed by atoms with Gasteiger partial charge in [0.15, 0.2) is 5.78 Å². The lowest BCUT2D eigenvalue weighted by Crippen LogP contribution is -2.09. The van der Waals surface area contributed by atoms with Gasteiger partial charge in [-0.3, -0.25) is 4.79 Å². The van der Waals surface area contributed by atoms with Crippen LogP contribution in [0.15, 0.2) is 83.3 Å². The Morgan fingerprint density at radius 2 is 1.54 bits per heavy atom. The zero-order valence-electron chi connectivity index (χ0n) is 13.7. The number of ketones is 1. The Bertz CT molecular complexity index is 1090. The summed E-state index contributed by atoms with van der Waals surface area (Å²) in [4.78, 5) is 14.2. The smallest absolute Gasteiger partial charge is 0.193 e. The van der Waals surface area contributed by atoms with Crippen LogP contribution in [-0.4, -0.2) is 5.78 Å². The van der Waals surface area contributed by atoms with Crippen LogP contribution in [0.2, 0.25) is 0 Å². The predicted molar refractivity (Wildman–Crippen MR) is 103 cm³/mol. The van der Waals surface area contributed by atoms with E-state index in [1.165, 1.54) is 17.8 Å². The molecular weight excluding hydrogens is 345 g/mol. The number of thioether (sulfide) groups is 1. The van der Waals surface area contributed by atoms with Crippen LogP contribution in [0, 0.1) is 5.82 Å². The number of rotatable bonds is 1. The number of carbonyl (C=O) groups excluding carboxylic acids is 1. The first-order valence-corrected chi connectivity index (χ1v) is 9.27. The standard InChI is InChI=1S/C22H14FNOS/c23-16-10-4-3-9-15(16)22-19-20(13-7-1-2-8-14(13)21(19)25)24-17-11-5-6-12-18(17)26-22/h1-12,22,24H/t22-/m1/s1. The van der Waals surface area contributed by atoms with Gasteiger partial charge in [-0.25, -0.2) is 4.39 Å². The van der Waals surface area contributed by atoms with Crippen molar-refractivity contribution in [3.8, 4) is 0 Å². The van der Waals surface area contributed by atoms with Crippen LogP contribution in [0.5, 0.6) is 0 Å². The Labute approximate surface area is 154 Å². The molecule has 4 heteroatoms. The van der Waals surface area contributed by atoms with Crippen LogP contribution in [0.3, 0.4) is 0 Å². The number of carbonyl (C=O) groups is 1. The van der Waals surface area contributed by atoms with Crippen LogP contribution in [0.25, 0.3) is 5.70 Å². The maximum atomic E-state index is 14.6. The van der Waals surface area contributed by atoms with Gasteiger partial charge in [-0.2, -0.15) is 0 Å². The van der Waals surface area contributed by atoms with E-state index >= 15 is 0 Å². The zero-order valence-corrected chi connectivity index (χ0v) is 14.5. The molecule has 0 unspecified atom stereocenters. The molecule has 1 aliphatic carbocycles. The first kappa shape index (κ1) is 15.4. The minimum atomic E-state index is -0.401. The highest BCUT2D eigenvalue weighted by molar-refractivity contribution is 8.00. The molecule has 2 aliphatic rings. The summed E-state index contributed by atoms with van der Waals surface area (Å²) in [7, 11) is 0. The second kappa shape index (κ2) is 5.85. The minimum Gasteiger partial charge on any atom is -0.354 e. The predicted octanol–water partition coefficient (Wildman–Crippen LogP) is 5.69. The normalized spacial score (nSPS) is 17.9. The van der Waals surface area contributed by atoms with Gasteiger partial charge >= 0.3 is 0 Å². The molecule has 1 aliphatic heterocycles. The number of fused-ring (bicyclic) bond motifs is 3. The fourth-order valence-electron chi connectivity index (χ4n) is 3.59. The first-order valence-electron chi connectivity index (χ1n) is 8.39. The van der Waals surface area contributed by atoms with Gasteiger partial charge in [0.1, 0.15) is 5.82 Å². The molecule has 126 valence electrons.